The fraction of sp³-hybridized carbons (Fsp3) is 0.390. The Morgan fingerprint density at radius 3 is 2.06 bits per heavy atom. The molecule has 3 aromatic carbocycles. The van der Waals surface area contributed by atoms with Crippen molar-refractivity contribution in [2.24, 2.45) is 22.7 Å². The number of ketones is 3. The number of methoxy groups -OCH3 is 1. The monoisotopic (exact) mass is 664 g/mol. The zero-order chi connectivity index (χ0) is 35.6. The Morgan fingerprint density at radius 2 is 1.51 bits per heavy atom. The van der Waals surface area contributed by atoms with Gasteiger partial charge >= 0.3 is 0 Å². The number of allylic oxidation sites excluding steroid dienone is 1. The molecule has 4 atom stereocenters. The highest BCUT2D eigenvalue weighted by atomic mass is 16.5. The van der Waals surface area contributed by atoms with Crippen LogP contribution in [0.2, 0.25) is 0 Å². The second kappa shape index (κ2) is 12.0. The van der Waals surface area contributed by atoms with Crippen molar-refractivity contribution in [3.05, 3.63) is 99.8 Å². The molecule has 1 fully saturated rings. The number of rotatable bonds is 8. The summed E-state index contributed by atoms with van der Waals surface area (Å²) in [7, 11) is 1.65. The van der Waals surface area contributed by atoms with Crippen molar-refractivity contribution in [3.63, 3.8) is 0 Å². The molecule has 3 aliphatic carbocycles. The minimum atomic E-state index is -2.63. The van der Waals surface area contributed by atoms with E-state index in [-0.39, 0.29) is 35.6 Å². The van der Waals surface area contributed by atoms with Crippen molar-refractivity contribution in [3.8, 4) is 22.6 Å². The van der Waals surface area contributed by atoms with Crippen LogP contribution in [0.3, 0.4) is 0 Å². The summed E-state index contributed by atoms with van der Waals surface area (Å²) in [5.41, 5.74) is -1.12. The molecule has 0 spiro atoms. The van der Waals surface area contributed by atoms with E-state index in [2.05, 4.69) is 24.3 Å². The van der Waals surface area contributed by atoms with Gasteiger partial charge in [-0.15, -0.1) is 0 Å². The number of ether oxygens (including phenoxy) is 1. The number of aromatic hydroxyl groups is 1. The Kier molecular flexibility index (Phi) is 8.39. The molecule has 1 saturated carbocycles. The van der Waals surface area contributed by atoms with Gasteiger partial charge in [-0.3, -0.25) is 14.4 Å². The zero-order valence-corrected chi connectivity index (χ0v) is 28.9. The van der Waals surface area contributed by atoms with Gasteiger partial charge in [-0.05, 0) is 91.0 Å². The molecule has 6 rings (SSSR count). The number of phenols is 1. The van der Waals surface area contributed by atoms with E-state index >= 15 is 0 Å². The van der Waals surface area contributed by atoms with Gasteiger partial charge in [-0.25, -0.2) is 0 Å². The summed E-state index contributed by atoms with van der Waals surface area (Å²) in [6.45, 7) is 8.13. The molecule has 0 saturated heterocycles. The van der Waals surface area contributed by atoms with Crippen molar-refractivity contribution in [1.82, 2.24) is 0 Å². The second-order valence-electron chi connectivity index (χ2n) is 14.8. The molecule has 3 aromatic rings. The van der Waals surface area contributed by atoms with E-state index in [4.69, 9.17) is 4.74 Å². The number of benzene rings is 3. The molecule has 49 heavy (non-hydrogen) atoms. The number of aryl methyl sites for hydroxylation is 2. The van der Waals surface area contributed by atoms with Crippen LogP contribution < -0.4 is 4.74 Å². The zero-order valence-electron chi connectivity index (χ0n) is 28.9. The average molecular weight is 665 g/mol. The van der Waals surface area contributed by atoms with Crippen molar-refractivity contribution < 1.29 is 39.5 Å². The highest BCUT2D eigenvalue weighted by molar-refractivity contribution is 6.24. The van der Waals surface area contributed by atoms with Crippen LogP contribution in [0.5, 0.6) is 11.5 Å². The normalized spacial score (nSPS) is 26.4. The third-order valence-corrected chi connectivity index (χ3v) is 11.2. The lowest BCUT2D eigenvalue weighted by atomic mass is 9.43. The van der Waals surface area contributed by atoms with Crippen molar-refractivity contribution in [2.45, 2.75) is 72.3 Å². The van der Waals surface area contributed by atoms with Gasteiger partial charge in [-0.1, -0.05) is 70.2 Å². The maximum atomic E-state index is 14.5. The minimum Gasteiger partial charge on any atom is -0.508 e. The first-order valence-electron chi connectivity index (χ1n) is 16.9. The van der Waals surface area contributed by atoms with Crippen molar-refractivity contribution in [2.75, 3.05) is 7.11 Å². The maximum Gasteiger partial charge on any atom is 0.203 e. The van der Waals surface area contributed by atoms with Gasteiger partial charge in [0.1, 0.15) is 28.6 Å². The molecule has 3 aliphatic rings. The predicted octanol–water partition coefficient (Wildman–Crippen LogP) is 7.04. The molecule has 0 aromatic heterocycles. The van der Waals surface area contributed by atoms with Gasteiger partial charge in [0.05, 0.1) is 12.7 Å². The van der Waals surface area contributed by atoms with E-state index in [1.165, 1.54) is 17.2 Å². The van der Waals surface area contributed by atoms with Gasteiger partial charge in [-0.2, -0.15) is 0 Å². The number of phenolic OH excluding ortho intramolecular Hbond substituents is 1. The Balaban J connectivity index is 1.38. The SMILES string of the molecule is COc1ccc(CCCc2ccc(-c3ccc(O)c4c3C[C@]3(C)C[C@]5(C)C(C(C)C)C(=O)C(C(C)=O)=C(O)[C@]5(O)C(=O)C3=C4O)cc2)cc1. The van der Waals surface area contributed by atoms with Crippen LogP contribution in [0.4, 0.5) is 0 Å². The predicted molar refractivity (Wildman–Crippen MR) is 186 cm³/mol. The first kappa shape index (κ1) is 34.2. The van der Waals surface area contributed by atoms with Gasteiger partial charge in [0.15, 0.2) is 17.2 Å². The molecular weight excluding hydrogens is 620 g/mol. The largest absolute Gasteiger partial charge is 0.508 e. The fourth-order valence-corrected chi connectivity index (χ4v) is 9.13. The topological polar surface area (TPSA) is 141 Å². The Hall–Kier alpha value is -4.69. The number of hydrogen-bond acceptors (Lipinski definition) is 8. The van der Waals surface area contributed by atoms with Crippen LogP contribution in [0.1, 0.15) is 69.7 Å². The molecule has 0 radical (unpaired) electrons. The van der Waals surface area contributed by atoms with E-state index < -0.39 is 56.8 Å². The standard InChI is InChI=1S/C41H44O8/c1-22(2)33-35(44)31(23(3)42)37(46)41(48)38(47)34-36(45)32-29(20-39(34,4)21-40(33,41)5)28(18-19-30(32)43)26-14-10-24(11-15-26)8-7-9-25-12-16-27(49-6)17-13-25/h10-19,22,33,43,45-46,48H,7-9,20-21H2,1-6H3/t33?,39-,40-,41+/m1/s1. The minimum absolute atomic E-state index is 0.0487. The molecule has 4 N–H and O–H groups in total. The summed E-state index contributed by atoms with van der Waals surface area (Å²) in [5, 5.41) is 46.5. The highest BCUT2D eigenvalue weighted by Gasteiger charge is 2.72. The van der Waals surface area contributed by atoms with Crippen LogP contribution in [0.25, 0.3) is 16.9 Å². The van der Waals surface area contributed by atoms with Crippen LogP contribution in [0.15, 0.2) is 77.6 Å². The first-order valence-corrected chi connectivity index (χ1v) is 16.9. The van der Waals surface area contributed by atoms with Crippen LogP contribution >= 0.6 is 0 Å². The lowest BCUT2D eigenvalue weighted by Crippen LogP contribution is -2.69. The number of Topliss-reactive ketones (excluding diaryl/α,β-unsaturated/α-hetero) is 3. The molecular formula is C41H44O8. The summed E-state index contributed by atoms with van der Waals surface area (Å²) < 4.78 is 5.25. The first-order chi connectivity index (χ1) is 23.1. The molecule has 8 nitrogen and oxygen atoms in total. The number of carbonyl (C=O) groups excluding carboxylic acids is 3. The third-order valence-electron chi connectivity index (χ3n) is 11.2. The van der Waals surface area contributed by atoms with Gasteiger partial charge < -0.3 is 25.2 Å². The van der Waals surface area contributed by atoms with Gasteiger partial charge in [0.2, 0.25) is 5.78 Å². The van der Waals surface area contributed by atoms with Crippen LogP contribution in [-0.4, -0.2) is 50.5 Å². The van der Waals surface area contributed by atoms with Gasteiger partial charge in [0, 0.05) is 22.3 Å². The molecule has 256 valence electrons. The van der Waals surface area contributed by atoms with E-state index in [9.17, 15) is 34.8 Å². The molecule has 0 heterocycles. The number of hydrogen-bond donors (Lipinski definition) is 4. The highest BCUT2D eigenvalue weighted by Crippen LogP contribution is 2.65. The number of aliphatic hydroxyl groups is 3. The molecule has 0 aliphatic heterocycles. The molecule has 0 bridgehead atoms. The summed E-state index contributed by atoms with van der Waals surface area (Å²) in [6, 6.07) is 19.5. The van der Waals surface area contributed by atoms with E-state index in [1.54, 1.807) is 33.9 Å². The van der Waals surface area contributed by atoms with Crippen LogP contribution in [0, 0.1) is 22.7 Å². The number of aliphatic hydroxyl groups excluding tert-OH is 2. The van der Waals surface area contributed by atoms with Crippen molar-refractivity contribution >= 4 is 23.1 Å². The molecule has 8 heteroatoms. The smallest absolute Gasteiger partial charge is 0.203 e. The van der Waals surface area contributed by atoms with E-state index in [1.807, 2.05) is 31.2 Å². The lowest BCUT2D eigenvalue weighted by Gasteiger charge is -2.59. The molecule has 1 unspecified atom stereocenters. The Labute approximate surface area is 286 Å². The third kappa shape index (κ3) is 5.11. The summed E-state index contributed by atoms with van der Waals surface area (Å²) in [4.78, 5) is 40.9. The number of carbonyl (C=O) groups is 3. The second-order valence-corrected chi connectivity index (χ2v) is 14.8. The lowest BCUT2D eigenvalue weighted by molar-refractivity contribution is -0.178. The fourth-order valence-electron chi connectivity index (χ4n) is 9.13. The summed E-state index contributed by atoms with van der Waals surface area (Å²) >= 11 is 0. The maximum absolute atomic E-state index is 14.5. The summed E-state index contributed by atoms with van der Waals surface area (Å²) in [6.07, 6.45) is 3.06. The number of fused-ring (bicyclic) bond motifs is 3. The van der Waals surface area contributed by atoms with Crippen molar-refractivity contribution in [1.29, 1.82) is 0 Å². The summed E-state index contributed by atoms with van der Waals surface area (Å²) in [5.74, 6) is -4.49. The van der Waals surface area contributed by atoms with E-state index in [0.29, 0.717) is 5.56 Å². The van der Waals surface area contributed by atoms with Crippen LogP contribution in [-0.2, 0) is 33.6 Å². The Morgan fingerprint density at radius 1 is 0.918 bits per heavy atom. The average Bonchev–Trinajstić information content (AvgIpc) is 3.03. The molecule has 0 amide bonds. The quantitative estimate of drug-likeness (QED) is 0.188. The van der Waals surface area contributed by atoms with E-state index in [0.717, 1.165) is 43.1 Å². The van der Waals surface area contributed by atoms with Gasteiger partial charge in [0.25, 0.3) is 0 Å². The Bertz CT molecular complexity index is 1930.